The van der Waals surface area contributed by atoms with Crippen molar-refractivity contribution in [2.45, 2.75) is 24.2 Å². The lowest BCUT2D eigenvalue weighted by atomic mass is 10.1. The molecule has 0 saturated carbocycles. The lowest BCUT2D eigenvalue weighted by Gasteiger charge is -2.28. The van der Waals surface area contributed by atoms with Crippen LogP contribution in [0.25, 0.3) is 0 Å². The highest BCUT2D eigenvalue weighted by atomic mass is 32.2. The number of rotatable bonds is 5. The second-order valence-corrected chi connectivity index (χ2v) is 9.01. The molecule has 0 atom stereocenters. The monoisotopic (exact) mass is 387 g/mol. The smallest absolute Gasteiger partial charge is 0.255 e. The molecule has 0 radical (unpaired) electrons. The van der Waals surface area contributed by atoms with Gasteiger partial charge in [-0.3, -0.25) is 4.79 Å². The van der Waals surface area contributed by atoms with E-state index in [2.05, 4.69) is 10.2 Å². The second kappa shape index (κ2) is 8.10. The first-order valence-electron chi connectivity index (χ1n) is 9.07. The van der Waals surface area contributed by atoms with Crippen LogP contribution in [0.5, 0.6) is 0 Å². The summed E-state index contributed by atoms with van der Waals surface area (Å²) in [6, 6.07) is 13.8. The Morgan fingerprint density at radius 1 is 0.926 bits per heavy atom. The minimum absolute atomic E-state index is 0.162. The van der Waals surface area contributed by atoms with E-state index in [0.717, 1.165) is 17.4 Å². The molecule has 1 heterocycles. The van der Waals surface area contributed by atoms with Gasteiger partial charge in [-0.1, -0.05) is 0 Å². The van der Waals surface area contributed by atoms with Crippen LogP contribution in [-0.2, 0) is 10.0 Å². The normalized spacial score (nSPS) is 15.0. The van der Waals surface area contributed by atoms with E-state index < -0.39 is 10.0 Å². The number of sulfonamides is 1. The largest absolute Gasteiger partial charge is 0.372 e. The molecule has 0 spiro atoms. The number of carbonyl (C=O) groups is 1. The number of amides is 1. The molecule has 3 rings (SSSR count). The van der Waals surface area contributed by atoms with Crippen LogP contribution in [-0.4, -0.2) is 45.8 Å². The lowest BCUT2D eigenvalue weighted by molar-refractivity contribution is 0.102. The SMILES string of the molecule is CN(C)S(=O)(=O)c1ccc(C(=O)Nc2ccc(N3CCCCC3)cc2)cc1. The van der Waals surface area contributed by atoms with Gasteiger partial charge in [-0.25, -0.2) is 12.7 Å². The number of piperidine rings is 1. The van der Waals surface area contributed by atoms with E-state index in [1.165, 1.54) is 63.3 Å². The molecule has 1 saturated heterocycles. The van der Waals surface area contributed by atoms with Crippen LogP contribution in [0.3, 0.4) is 0 Å². The van der Waals surface area contributed by atoms with Gasteiger partial charge in [-0.15, -0.1) is 0 Å². The fourth-order valence-corrected chi connectivity index (χ4v) is 4.00. The molecule has 27 heavy (non-hydrogen) atoms. The molecule has 1 fully saturated rings. The summed E-state index contributed by atoms with van der Waals surface area (Å²) in [6.07, 6.45) is 3.73. The fraction of sp³-hybridized carbons (Fsp3) is 0.350. The predicted molar refractivity (Wildman–Crippen MR) is 108 cm³/mol. The van der Waals surface area contributed by atoms with Gasteiger partial charge in [-0.05, 0) is 67.8 Å². The summed E-state index contributed by atoms with van der Waals surface area (Å²) in [7, 11) is -0.545. The zero-order valence-corrected chi connectivity index (χ0v) is 16.5. The number of carbonyl (C=O) groups excluding carboxylic acids is 1. The summed E-state index contributed by atoms with van der Waals surface area (Å²) in [6.45, 7) is 2.15. The Morgan fingerprint density at radius 3 is 2.07 bits per heavy atom. The van der Waals surface area contributed by atoms with Crippen LogP contribution < -0.4 is 10.2 Å². The Bertz CT molecular complexity index is 885. The fourth-order valence-electron chi connectivity index (χ4n) is 3.10. The molecule has 2 aromatic carbocycles. The minimum Gasteiger partial charge on any atom is -0.372 e. The second-order valence-electron chi connectivity index (χ2n) is 6.86. The maximum absolute atomic E-state index is 12.4. The first-order chi connectivity index (χ1) is 12.9. The molecular weight excluding hydrogens is 362 g/mol. The summed E-state index contributed by atoms with van der Waals surface area (Å²) in [4.78, 5) is 14.9. The molecule has 6 nitrogen and oxygen atoms in total. The van der Waals surface area contributed by atoms with Crippen molar-refractivity contribution in [1.29, 1.82) is 0 Å². The van der Waals surface area contributed by atoms with Gasteiger partial charge in [0.1, 0.15) is 0 Å². The maximum Gasteiger partial charge on any atom is 0.255 e. The van der Waals surface area contributed by atoms with Gasteiger partial charge < -0.3 is 10.2 Å². The number of anilines is 2. The minimum atomic E-state index is -3.50. The van der Waals surface area contributed by atoms with Crippen LogP contribution >= 0.6 is 0 Å². The number of hydrogen-bond acceptors (Lipinski definition) is 4. The Balaban J connectivity index is 1.66. The van der Waals surface area contributed by atoms with Crippen LogP contribution in [0.4, 0.5) is 11.4 Å². The molecule has 2 aromatic rings. The molecule has 1 N–H and O–H groups in total. The van der Waals surface area contributed by atoms with E-state index in [-0.39, 0.29) is 10.8 Å². The van der Waals surface area contributed by atoms with Crippen molar-refractivity contribution >= 4 is 27.3 Å². The third-order valence-corrected chi connectivity index (χ3v) is 6.57. The van der Waals surface area contributed by atoms with Gasteiger partial charge in [0.25, 0.3) is 5.91 Å². The van der Waals surface area contributed by atoms with Gasteiger partial charge in [0.05, 0.1) is 4.90 Å². The maximum atomic E-state index is 12.4. The Labute approximate surface area is 160 Å². The molecular formula is C20H25N3O3S. The zero-order valence-electron chi connectivity index (χ0n) is 15.7. The topological polar surface area (TPSA) is 69.7 Å². The van der Waals surface area contributed by atoms with Crippen LogP contribution in [0.1, 0.15) is 29.6 Å². The van der Waals surface area contributed by atoms with Crippen LogP contribution in [0.15, 0.2) is 53.4 Å². The number of benzene rings is 2. The Hall–Kier alpha value is -2.38. The van der Waals surface area contributed by atoms with Crippen molar-refractivity contribution in [3.8, 4) is 0 Å². The van der Waals surface area contributed by atoms with E-state index in [1.54, 1.807) is 0 Å². The van der Waals surface area contributed by atoms with Gasteiger partial charge >= 0.3 is 0 Å². The first kappa shape index (κ1) is 19.4. The molecule has 0 aliphatic carbocycles. The van der Waals surface area contributed by atoms with Gasteiger partial charge in [0.2, 0.25) is 10.0 Å². The van der Waals surface area contributed by atoms with Gasteiger partial charge in [-0.2, -0.15) is 0 Å². The summed E-state index contributed by atoms with van der Waals surface area (Å²) in [5.74, 6) is -0.269. The van der Waals surface area contributed by atoms with Gasteiger partial charge in [0.15, 0.2) is 0 Å². The van der Waals surface area contributed by atoms with Crippen molar-refractivity contribution in [2.75, 3.05) is 37.4 Å². The van der Waals surface area contributed by atoms with E-state index in [0.29, 0.717) is 11.3 Å². The summed E-state index contributed by atoms with van der Waals surface area (Å²) in [5.41, 5.74) is 2.30. The van der Waals surface area contributed by atoms with Gasteiger partial charge in [0, 0.05) is 44.1 Å². The highest BCUT2D eigenvalue weighted by Crippen LogP contribution is 2.22. The number of nitrogens with one attached hydrogen (secondary N) is 1. The van der Waals surface area contributed by atoms with Crippen molar-refractivity contribution in [3.63, 3.8) is 0 Å². The summed E-state index contributed by atoms with van der Waals surface area (Å²) < 4.78 is 25.3. The number of nitrogens with zero attached hydrogens (tertiary/aromatic N) is 2. The molecule has 0 unspecified atom stereocenters. The standard InChI is InChI=1S/C20H25N3O3S/c1-22(2)27(25,26)19-12-6-16(7-13-19)20(24)21-17-8-10-18(11-9-17)23-14-4-3-5-15-23/h6-13H,3-5,14-15H2,1-2H3,(H,21,24). The van der Waals surface area contributed by atoms with Crippen molar-refractivity contribution < 1.29 is 13.2 Å². The molecule has 0 aromatic heterocycles. The average Bonchev–Trinajstić information content (AvgIpc) is 2.69. The first-order valence-corrected chi connectivity index (χ1v) is 10.5. The third-order valence-electron chi connectivity index (χ3n) is 4.74. The Kier molecular flexibility index (Phi) is 5.82. The molecule has 1 amide bonds. The zero-order chi connectivity index (χ0) is 19.4. The van der Waals surface area contributed by atoms with E-state index in [9.17, 15) is 13.2 Å². The predicted octanol–water partition coefficient (Wildman–Crippen LogP) is 3.18. The van der Waals surface area contributed by atoms with E-state index >= 15 is 0 Å². The number of hydrogen-bond donors (Lipinski definition) is 1. The van der Waals surface area contributed by atoms with Crippen molar-refractivity contribution in [1.82, 2.24) is 4.31 Å². The lowest BCUT2D eigenvalue weighted by Crippen LogP contribution is -2.29. The van der Waals surface area contributed by atoms with Crippen LogP contribution in [0, 0.1) is 0 Å². The highest BCUT2D eigenvalue weighted by Gasteiger charge is 2.17. The molecule has 1 aliphatic heterocycles. The summed E-state index contributed by atoms with van der Waals surface area (Å²) in [5, 5.41) is 2.85. The molecule has 7 heteroatoms. The highest BCUT2D eigenvalue weighted by molar-refractivity contribution is 7.89. The third kappa shape index (κ3) is 4.48. The van der Waals surface area contributed by atoms with E-state index in [1.807, 2.05) is 24.3 Å². The molecule has 144 valence electrons. The van der Waals surface area contributed by atoms with Crippen LogP contribution in [0.2, 0.25) is 0 Å². The van der Waals surface area contributed by atoms with Crippen molar-refractivity contribution in [2.24, 2.45) is 0 Å². The Morgan fingerprint density at radius 2 is 1.52 bits per heavy atom. The molecule has 1 aliphatic rings. The van der Waals surface area contributed by atoms with Crippen molar-refractivity contribution in [3.05, 3.63) is 54.1 Å². The van der Waals surface area contributed by atoms with E-state index in [4.69, 9.17) is 0 Å². The average molecular weight is 388 g/mol. The summed E-state index contributed by atoms with van der Waals surface area (Å²) >= 11 is 0. The quantitative estimate of drug-likeness (QED) is 0.855. The molecule has 0 bridgehead atoms.